The first kappa shape index (κ1) is 8.73. The summed E-state index contributed by atoms with van der Waals surface area (Å²) in [5.41, 5.74) is 5.14. The molecule has 12 heavy (non-hydrogen) atoms. The molecule has 0 saturated carbocycles. The van der Waals surface area contributed by atoms with E-state index in [4.69, 9.17) is 5.73 Å². The van der Waals surface area contributed by atoms with Crippen molar-refractivity contribution in [3.63, 3.8) is 0 Å². The Morgan fingerprint density at radius 3 is 3.17 bits per heavy atom. The van der Waals surface area contributed by atoms with E-state index in [-0.39, 0.29) is 11.6 Å². The number of hydrogen-bond acceptors (Lipinski definition) is 4. The SMILES string of the molecule is CC(CN)Nc1ncc[nH]c1=O. The van der Waals surface area contributed by atoms with Crippen LogP contribution in [-0.4, -0.2) is 22.6 Å². The average Bonchev–Trinajstić information content (AvgIpc) is 2.09. The van der Waals surface area contributed by atoms with E-state index in [0.717, 1.165) is 0 Å². The van der Waals surface area contributed by atoms with Crippen LogP contribution in [0.15, 0.2) is 17.2 Å². The van der Waals surface area contributed by atoms with E-state index in [2.05, 4.69) is 15.3 Å². The van der Waals surface area contributed by atoms with Gasteiger partial charge in [0.2, 0.25) is 0 Å². The molecule has 1 unspecified atom stereocenters. The lowest BCUT2D eigenvalue weighted by Gasteiger charge is -2.09. The van der Waals surface area contributed by atoms with Gasteiger partial charge in [0.15, 0.2) is 5.82 Å². The van der Waals surface area contributed by atoms with Crippen LogP contribution in [0.25, 0.3) is 0 Å². The molecule has 0 aliphatic rings. The fourth-order valence-electron chi connectivity index (χ4n) is 0.747. The first-order chi connectivity index (χ1) is 5.74. The van der Waals surface area contributed by atoms with Crippen LogP contribution in [0.2, 0.25) is 0 Å². The molecule has 66 valence electrons. The van der Waals surface area contributed by atoms with E-state index in [1.807, 2.05) is 6.92 Å². The van der Waals surface area contributed by atoms with Crippen LogP contribution in [0.1, 0.15) is 6.92 Å². The lowest BCUT2D eigenvalue weighted by molar-refractivity contribution is 0.794. The van der Waals surface area contributed by atoms with E-state index < -0.39 is 0 Å². The van der Waals surface area contributed by atoms with Gasteiger partial charge in [0.05, 0.1) is 0 Å². The van der Waals surface area contributed by atoms with Gasteiger partial charge < -0.3 is 16.0 Å². The highest BCUT2D eigenvalue weighted by molar-refractivity contribution is 5.31. The van der Waals surface area contributed by atoms with Gasteiger partial charge in [-0.2, -0.15) is 0 Å². The normalized spacial score (nSPS) is 12.5. The number of aromatic nitrogens is 2. The van der Waals surface area contributed by atoms with Crippen molar-refractivity contribution >= 4 is 5.82 Å². The van der Waals surface area contributed by atoms with Crippen molar-refractivity contribution in [1.29, 1.82) is 0 Å². The topological polar surface area (TPSA) is 83.8 Å². The van der Waals surface area contributed by atoms with Gasteiger partial charge in [0, 0.05) is 25.0 Å². The number of nitrogens with one attached hydrogen (secondary N) is 2. The zero-order valence-corrected chi connectivity index (χ0v) is 6.87. The average molecular weight is 168 g/mol. The number of hydrogen-bond donors (Lipinski definition) is 3. The van der Waals surface area contributed by atoms with E-state index in [0.29, 0.717) is 12.4 Å². The van der Waals surface area contributed by atoms with Crippen LogP contribution in [0.4, 0.5) is 5.82 Å². The highest BCUT2D eigenvalue weighted by atomic mass is 16.1. The van der Waals surface area contributed by atoms with Crippen molar-refractivity contribution in [3.05, 3.63) is 22.7 Å². The lowest BCUT2D eigenvalue weighted by atomic mass is 10.3. The molecule has 0 aliphatic carbocycles. The van der Waals surface area contributed by atoms with E-state index >= 15 is 0 Å². The van der Waals surface area contributed by atoms with Crippen LogP contribution >= 0.6 is 0 Å². The molecule has 0 amide bonds. The van der Waals surface area contributed by atoms with Gasteiger partial charge in [-0.3, -0.25) is 4.79 Å². The van der Waals surface area contributed by atoms with E-state index in [1.54, 1.807) is 0 Å². The minimum atomic E-state index is -0.224. The molecule has 0 aromatic carbocycles. The summed E-state index contributed by atoms with van der Waals surface area (Å²) < 4.78 is 0. The van der Waals surface area contributed by atoms with Crippen molar-refractivity contribution < 1.29 is 0 Å². The number of aromatic amines is 1. The molecule has 1 rings (SSSR count). The van der Waals surface area contributed by atoms with Crippen LogP contribution in [0, 0.1) is 0 Å². The molecule has 1 heterocycles. The summed E-state index contributed by atoms with van der Waals surface area (Å²) in [7, 11) is 0. The fraction of sp³-hybridized carbons (Fsp3) is 0.429. The van der Waals surface area contributed by atoms with Crippen molar-refractivity contribution in [3.8, 4) is 0 Å². The Hall–Kier alpha value is -1.36. The first-order valence-corrected chi connectivity index (χ1v) is 3.74. The molecule has 0 saturated heterocycles. The van der Waals surface area contributed by atoms with Crippen molar-refractivity contribution in [2.45, 2.75) is 13.0 Å². The predicted octanol–water partition coefficient (Wildman–Crippen LogP) is -0.471. The largest absolute Gasteiger partial charge is 0.362 e. The molecule has 1 aromatic rings. The van der Waals surface area contributed by atoms with Crippen molar-refractivity contribution in [2.75, 3.05) is 11.9 Å². The summed E-state index contributed by atoms with van der Waals surface area (Å²) in [5, 5.41) is 2.88. The molecule has 0 aliphatic heterocycles. The first-order valence-electron chi connectivity index (χ1n) is 3.74. The maximum atomic E-state index is 11.0. The van der Waals surface area contributed by atoms with Gasteiger partial charge in [-0.25, -0.2) is 4.98 Å². The number of anilines is 1. The quantitative estimate of drug-likeness (QED) is 0.569. The van der Waals surface area contributed by atoms with Crippen LogP contribution in [0.3, 0.4) is 0 Å². The van der Waals surface area contributed by atoms with Crippen molar-refractivity contribution in [2.24, 2.45) is 5.73 Å². The summed E-state index contributed by atoms with van der Waals surface area (Å²) >= 11 is 0. The third-order valence-corrected chi connectivity index (χ3v) is 1.44. The second-order valence-electron chi connectivity index (χ2n) is 2.55. The Kier molecular flexibility index (Phi) is 2.82. The molecule has 0 fully saturated rings. The molecule has 1 atom stereocenters. The Balaban J connectivity index is 2.76. The minimum Gasteiger partial charge on any atom is -0.362 e. The van der Waals surface area contributed by atoms with E-state index in [9.17, 15) is 4.79 Å². The summed E-state index contributed by atoms with van der Waals surface area (Å²) in [6.07, 6.45) is 3.01. The van der Waals surface area contributed by atoms with Crippen LogP contribution < -0.4 is 16.6 Å². The molecule has 5 heteroatoms. The molecule has 5 nitrogen and oxygen atoms in total. The smallest absolute Gasteiger partial charge is 0.290 e. The zero-order chi connectivity index (χ0) is 8.97. The van der Waals surface area contributed by atoms with Gasteiger partial charge in [-0.05, 0) is 6.92 Å². The van der Waals surface area contributed by atoms with Gasteiger partial charge in [0.1, 0.15) is 0 Å². The number of H-pyrrole nitrogens is 1. The Bertz CT molecular complexity index is 295. The second kappa shape index (κ2) is 3.87. The third-order valence-electron chi connectivity index (χ3n) is 1.44. The summed E-state index contributed by atoms with van der Waals surface area (Å²) in [4.78, 5) is 17.4. The molecular weight excluding hydrogens is 156 g/mol. The highest BCUT2D eigenvalue weighted by Gasteiger charge is 2.02. The predicted molar refractivity (Wildman–Crippen MR) is 47.0 cm³/mol. The van der Waals surface area contributed by atoms with Crippen LogP contribution in [-0.2, 0) is 0 Å². The molecule has 4 N–H and O–H groups in total. The van der Waals surface area contributed by atoms with Crippen LogP contribution in [0.5, 0.6) is 0 Å². The fourth-order valence-corrected chi connectivity index (χ4v) is 0.747. The Morgan fingerprint density at radius 1 is 1.83 bits per heavy atom. The number of nitrogens with zero attached hydrogens (tertiary/aromatic N) is 1. The van der Waals surface area contributed by atoms with E-state index in [1.165, 1.54) is 12.4 Å². The van der Waals surface area contributed by atoms with Gasteiger partial charge in [-0.15, -0.1) is 0 Å². The Labute approximate surface area is 70.0 Å². The number of rotatable bonds is 3. The summed E-state index contributed by atoms with van der Waals surface area (Å²) in [6.45, 7) is 2.35. The maximum absolute atomic E-state index is 11.0. The lowest BCUT2D eigenvalue weighted by Crippen LogP contribution is -2.29. The standard InChI is InChI=1S/C7H12N4O/c1-5(4-8)11-6-7(12)10-3-2-9-6/h2-3,5H,4,8H2,1H3,(H,9,11)(H,10,12). The molecule has 1 aromatic heterocycles. The second-order valence-corrected chi connectivity index (χ2v) is 2.55. The maximum Gasteiger partial charge on any atom is 0.290 e. The summed E-state index contributed by atoms with van der Waals surface area (Å²) in [5.74, 6) is 0.315. The van der Waals surface area contributed by atoms with Gasteiger partial charge in [0.25, 0.3) is 5.56 Å². The molecule has 0 radical (unpaired) electrons. The molecule has 0 spiro atoms. The highest BCUT2D eigenvalue weighted by Crippen LogP contribution is 1.92. The minimum absolute atomic E-state index is 0.0565. The number of nitrogens with two attached hydrogens (primary N) is 1. The van der Waals surface area contributed by atoms with Gasteiger partial charge >= 0.3 is 0 Å². The monoisotopic (exact) mass is 168 g/mol. The van der Waals surface area contributed by atoms with Crippen molar-refractivity contribution in [1.82, 2.24) is 9.97 Å². The molecule has 0 bridgehead atoms. The Morgan fingerprint density at radius 2 is 2.58 bits per heavy atom. The molecular formula is C7H12N4O. The third kappa shape index (κ3) is 2.06. The zero-order valence-electron chi connectivity index (χ0n) is 6.87. The van der Waals surface area contributed by atoms with Gasteiger partial charge in [-0.1, -0.05) is 0 Å². The summed E-state index contributed by atoms with van der Waals surface area (Å²) in [6, 6.07) is 0.0565.